The molecule has 140 valence electrons. The van der Waals surface area contributed by atoms with Gasteiger partial charge in [0.2, 0.25) is 5.91 Å². The van der Waals surface area contributed by atoms with Crippen molar-refractivity contribution in [2.75, 3.05) is 6.54 Å². The van der Waals surface area contributed by atoms with Gasteiger partial charge in [0.25, 0.3) is 0 Å². The molecule has 0 fully saturated rings. The standard InChI is InChI=1S/C23H25BrN2O/c1-3-4-9-14-26(17-18-10-5-7-12-21(18)24)23(27)15-19-16-25(2)22-13-8-6-11-20(19)22/h3,5-8,10-13,16H,1,4,9,14-15,17H2,2H3. The van der Waals surface area contributed by atoms with Gasteiger partial charge in [-0.05, 0) is 36.1 Å². The summed E-state index contributed by atoms with van der Waals surface area (Å²) in [5.41, 5.74) is 3.37. The summed E-state index contributed by atoms with van der Waals surface area (Å²) < 4.78 is 3.13. The van der Waals surface area contributed by atoms with Gasteiger partial charge in [0, 0.05) is 41.7 Å². The lowest BCUT2D eigenvalue weighted by molar-refractivity contribution is -0.131. The molecular formula is C23H25BrN2O. The number of fused-ring (bicyclic) bond motifs is 1. The first-order chi connectivity index (χ1) is 13.1. The van der Waals surface area contributed by atoms with E-state index in [-0.39, 0.29) is 5.91 Å². The van der Waals surface area contributed by atoms with Gasteiger partial charge < -0.3 is 9.47 Å². The van der Waals surface area contributed by atoms with Gasteiger partial charge in [-0.15, -0.1) is 6.58 Å². The lowest BCUT2D eigenvalue weighted by atomic mass is 10.1. The largest absolute Gasteiger partial charge is 0.350 e. The summed E-state index contributed by atoms with van der Waals surface area (Å²) in [5, 5.41) is 1.15. The molecule has 0 spiro atoms. The van der Waals surface area contributed by atoms with E-state index in [1.807, 2.05) is 48.4 Å². The van der Waals surface area contributed by atoms with Crippen LogP contribution in [0.5, 0.6) is 0 Å². The third-order valence-corrected chi connectivity index (χ3v) is 5.60. The topological polar surface area (TPSA) is 25.2 Å². The van der Waals surface area contributed by atoms with Crippen molar-refractivity contribution >= 4 is 32.7 Å². The molecule has 0 saturated carbocycles. The fraction of sp³-hybridized carbons (Fsp3) is 0.261. The molecule has 1 amide bonds. The van der Waals surface area contributed by atoms with E-state index in [1.54, 1.807) is 0 Å². The summed E-state index contributed by atoms with van der Waals surface area (Å²) in [6, 6.07) is 16.3. The Morgan fingerprint density at radius 2 is 1.89 bits per heavy atom. The highest BCUT2D eigenvalue weighted by molar-refractivity contribution is 9.10. The number of benzene rings is 2. The molecule has 4 heteroatoms. The fourth-order valence-corrected chi connectivity index (χ4v) is 3.80. The minimum absolute atomic E-state index is 0.158. The summed E-state index contributed by atoms with van der Waals surface area (Å²) >= 11 is 3.60. The predicted molar refractivity (Wildman–Crippen MR) is 116 cm³/mol. The summed E-state index contributed by atoms with van der Waals surface area (Å²) in [6.07, 6.45) is 6.23. The predicted octanol–water partition coefficient (Wildman–Crippen LogP) is 5.48. The van der Waals surface area contributed by atoms with E-state index in [4.69, 9.17) is 0 Å². The van der Waals surface area contributed by atoms with Crippen molar-refractivity contribution in [1.82, 2.24) is 9.47 Å². The molecule has 1 heterocycles. The summed E-state index contributed by atoms with van der Waals surface area (Å²) in [6.45, 7) is 5.14. The Labute approximate surface area is 169 Å². The second kappa shape index (κ2) is 9.05. The van der Waals surface area contributed by atoms with Crippen LogP contribution in [0.15, 0.2) is 71.9 Å². The number of halogens is 1. The maximum atomic E-state index is 13.2. The number of hydrogen-bond donors (Lipinski definition) is 0. The number of carbonyl (C=O) groups excluding carboxylic acids is 1. The molecule has 0 aliphatic rings. The first-order valence-electron chi connectivity index (χ1n) is 9.25. The molecule has 0 bridgehead atoms. The van der Waals surface area contributed by atoms with Crippen LogP contribution in [0, 0.1) is 0 Å². The van der Waals surface area contributed by atoms with Crippen LogP contribution in [0.2, 0.25) is 0 Å². The van der Waals surface area contributed by atoms with E-state index in [2.05, 4.69) is 51.5 Å². The first kappa shape index (κ1) is 19.4. The van der Waals surface area contributed by atoms with Crippen LogP contribution in [-0.4, -0.2) is 21.9 Å². The molecule has 3 aromatic rings. The third kappa shape index (κ3) is 4.69. The first-order valence-corrected chi connectivity index (χ1v) is 10.0. The molecule has 2 aromatic carbocycles. The Hall–Kier alpha value is -2.33. The molecule has 0 radical (unpaired) electrons. The van der Waals surface area contributed by atoms with Gasteiger partial charge in [0.1, 0.15) is 0 Å². The van der Waals surface area contributed by atoms with Crippen molar-refractivity contribution in [3.63, 3.8) is 0 Å². The van der Waals surface area contributed by atoms with E-state index < -0.39 is 0 Å². The zero-order valence-electron chi connectivity index (χ0n) is 15.7. The SMILES string of the molecule is C=CCCCN(Cc1ccccc1Br)C(=O)Cc1cn(C)c2ccccc12. The van der Waals surface area contributed by atoms with Crippen LogP contribution < -0.4 is 0 Å². The Balaban J connectivity index is 1.81. The Bertz CT molecular complexity index is 944. The number of allylic oxidation sites excluding steroid dienone is 1. The Kier molecular flexibility index (Phi) is 6.51. The third-order valence-electron chi connectivity index (χ3n) is 4.83. The highest BCUT2D eigenvalue weighted by Crippen LogP contribution is 2.23. The van der Waals surface area contributed by atoms with Crippen molar-refractivity contribution < 1.29 is 4.79 Å². The highest BCUT2D eigenvalue weighted by atomic mass is 79.9. The number of rotatable bonds is 8. The van der Waals surface area contributed by atoms with Crippen LogP contribution in [0.3, 0.4) is 0 Å². The Morgan fingerprint density at radius 1 is 1.15 bits per heavy atom. The number of para-hydroxylation sites is 1. The molecule has 3 nitrogen and oxygen atoms in total. The maximum Gasteiger partial charge on any atom is 0.227 e. The normalized spacial score (nSPS) is 10.9. The van der Waals surface area contributed by atoms with Gasteiger partial charge in [-0.1, -0.05) is 58.4 Å². The van der Waals surface area contributed by atoms with Crippen molar-refractivity contribution in [3.05, 3.63) is 83.0 Å². The molecule has 3 rings (SSSR count). The van der Waals surface area contributed by atoms with Crippen molar-refractivity contribution in [1.29, 1.82) is 0 Å². The van der Waals surface area contributed by atoms with Gasteiger partial charge in [-0.2, -0.15) is 0 Å². The summed E-state index contributed by atoms with van der Waals surface area (Å²) in [5.74, 6) is 0.158. The van der Waals surface area contributed by atoms with Crippen molar-refractivity contribution in [2.24, 2.45) is 7.05 Å². The lowest BCUT2D eigenvalue weighted by Gasteiger charge is -2.23. The van der Waals surface area contributed by atoms with Crippen molar-refractivity contribution in [3.8, 4) is 0 Å². The summed E-state index contributed by atoms with van der Waals surface area (Å²) in [4.78, 5) is 15.1. The van der Waals surface area contributed by atoms with Crippen molar-refractivity contribution in [2.45, 2.75) is 25.8 Å². The average molecular weight is 425 g/mol. The Morgan fingerprint density at radius 3 is 2.67 bits per heavy atom. The molecule has 27 heavy (non-hydrogen) atoms. The number of aryl methyl sites for hydroxylation is 1. The molecule has 0 aliphatic heterocycles. The molecule has 0 atom stereocenters. The minimum atomic E-state index is 0.158. The van der Waals surface area contributed by atoms with Gasteiger partial charge in [0.05, 0.1) is 6.42 Å². The quantitative estimate of drug-likeness (QED) is 0.347. The van der Waals surface area contributed by atoms with Gasteiger partial charge in [-0.3, -0.25) is 4.79 Å². The number of unbranched alkanes of at least 4 members (excludes halogenated alkanes) is 1. The minimum Gasteiger partial charge on any atom is -0.350 e. The zero-order valence-corrected chi connectivity index (χ0v) is 17.3. The maximum absolute atomic E-state index is 13.2. The molecule has 0 unspecified atom stereocenters. The smallest absolute Gasteiger partial charge is 0.227 e. The number of carbonyl (C=O) groups is 1. The monoisotopic (exact) mass is 424 g/mol. The molecule has 1 aromatic heterocycles. The van der Waals surface area contributed by atoms with Crippen LogP contribution in [0.4, 0.5) is 0 Å². The van der Waals surface area contributed by atoms with Gasteiger partial charge in [0.15, 0.2) is 0 Å². The van der Waals surface area contributed by atoms with Gasteiger partial charge in [-0.25, -0.2) is 0 Å². The van der Waals surface area contributed by atoms with Gasteiger partial charge >= 0.3 is 0 Å². The molecule has 0 N–H and O–H groups in total. The molecule has 0 aliphatic carbocycles. The van der Waals surface area contributed by atoms with Crippen LogP contribution in [-0.2, 0) is 24.8 Å². The van der Waals surface area contributed by atoms with Crippen LogP contribution in [0.1, 0.15) is 24.0 Å². The number of amides is 1. The molecular weight excluding hydrogens is 400 g/mol. The second-order valence-corrected chi connectivity index (χ2v) is 7.65. The van der Waals surface area contributed by atoms with E-state index >= 15 is 0 Å². The number of hydrogen-bond acceptors (Lipinski definition) is 1. The number of nitrogens with zero attached hydrogens (tertiary/aromatic N) is 2. The average Bonchev–Trinajstić information content (AvgIpc) is 2.98. The van der Waals surface area contributed by atoms with E-state index in [9.17, 15) is 4.79 Å². The van der Waals surface area contributed by atoms with Crippen LogP contribution in [0.25, 0.3) is 10.9 Å². The van der Waals surface area contributed by atoms with E-state index in [0.29, 0.717) is 13.0 Å². The van der Waals surface area contributed by atoms with E-state index in [1.165, 1.54) is 0 Å². The highest BCUT2D eigenvalue weighted by Gasteiger charge is 2.17. The molecule has 0 saturated heterocycles. The fourth-order valence-electron chi connectivity index (χ4n) is 3.39. The zero-order chi connectivity index (χ0) is 19.2. The summed E-state index contributed by atoms with van der Waals surface area (Å²) in [7, 11) is 2.03. The second-order valence-electron chi connectivity index (χ2n) is 6.80. The van der Waals surface area contributed by atoms with Crippen LogP contribution >= 0.6 is 15.9 Å². The lowest BCUT2D eigenvalue weighted by Crippen LogP contribution is -2.32. The van der Waals surface area contributed by atoms with E-state index in [0.717, 1.165) is 45.9 Å². The number of aromatic nitrogens is 1.